The smallest absolute Gasteiger partial charge is 0.340 e. The third-order valence-electron chi connectivity index (χ3n) is 1.94. The molecule has 1 saturated heterocycles. The minimum atomic E-state index is -4.74. The SMILES string of the molecule is O=C(OCC(F)(F)C(F)F)C1COS(=O)(=O)CS(=O)(=O)O1. The maximum absolute atomic E-state index is 12.5. The van der Waals surface area contributed by atoms with Crippen LogP contribution in [0.15, 0.2) is 0 Å². The Bertz CT molecular complexity index is 598. The quantitative estimate of drug-likeness (QED) is 0.373. The number of ether oxygens (including phenoxy) is 1. The van der Waals surface area contributed by atoms with Gasteiger partial charge in [0, 0.05) is 0 Å². The average molecular weight is 360 g/mol. The minimum Gasteiger partial charge on any atom is -0.457 e. The minimum absolute atomic E-state index is 1.15. The van der Waals surface area contributed by atoms with E-state index < -0.39 is 63.0 Å². The Morgan fingerprint density at radius 1 is 1.24 bits per heavy atom. The molecule has 1 atom stereocenters. The number of carbonyl (C=O) groups is 1. The van der Waals surface area contributed by atoms with E-state index in [-0.39, 0.29) is 0 Å². The fourth-order valence-corrected chi connectivity index (χ4v) is 3.77. The van der Waals surface area contributed by atoms with Crippen molar-refractivity contribution >= 4 is 26.2 Å². The molecule has 1 unspecified atom stereocenters. The largest absolute Gasteiger partial charge is 0.457 e. The van der Waals surface area contributed by atoms with Gasteiger partial charge in [0.2, 0.25) is 5.08 Å². The van der Waals surface area contributed by atoms with Crippen molar-refractivity contribution in [1.29, 1.82) is 0 Å². The van der Waals surface area contributed by atoms with Crippen LogP contribution in [0.25, 0.3) is 0 Å². The Balaban J connectivity index is 2.75. The van der Waals surface area contributed by atoms with Crippen LogP contribution in [0.5, 0.6) is 0 Å². The second-order valence-corrected chi connectivity index (χ2v) is 7.37. The summed E-state index contributed by atoms with van der Waals surface area (Å²) in [6.45, 7) is -3.18. The molecule has 0 amide bonds. The van der Waals surface area contributed by atoms with Gasteiger partial charge in [-0.05, 0) is 0 Å². The molecule has 0 spiro atoms. The molecule has 14 heteroatoms. The first-order valence-corrected chi connectivity index (χ1v) is 8.11. The summed E-state index contributed by atoms with van der Waals surface area (Å²) in [5.41, 5.74) is 0. The van der Waals surface area contributed by atoms with Crippen LogP contribution in [0.4, 0.5) is 17.6 Å². The molecule has 0 bridgehead atoms. The van der Waals surface area contributed by atoms with Gasteiger partial charge in [-0.3, -0.25) is 8.37 Å². The topological polar surface area (TPSA) is 113 Å². The maximum Gasteiger partial charge on any atom is 0.340 e. The highest BCUT2D eigenvalue weighted by Gasteiger charge is 2.44. The van der Waals surface area contributed by atoms with Crippen LogP contribution in [-0.2, 0) is 38.1 Å². The Hall–Kier alpha value is -0.990. The van der Waals surface area contributed by atoms with Crippen molar-refractivity contribution in [3.63, 3.8) is 0 Å². The Labute approximate surface area is 116 Å². The third-order valence-corrected chi connectivity index (χ3v) is 5.27. The summed E-state index contributed by atoms with van der Waals surface area (Å²) in [4.78, 5) is 11.3. The number of alkyl halides is 4. The highest BCUT2D eigenvalue weighted by atomic mass is 32.3. The van der Waals surface area contributed by atoms with E-state index in [1.165, 1.54) is 0 Å². The highest BCUT2D eigenvalue weighted by Crippen LogP contribution is 2.23. The van der Waals surface area contributed by atoms with Gasteiger partial charge < -0.3 is 4.74 Å². The number of carbonyl (C=O) groups excluding carboxylic acids is 1. The molecule has 124 valence electrons. The standard InChI is InChI=1S/C7H8F4O8S2/c8-6(9)7(10,11)2-17-5(12)4-1-18-20(13,14)3-21(15,16)19-4/h4,6H,1-3H2. The van der Waals surface area contributed by atoms with Gasteiger partial charge in [0.25, 0.3) is 20.2 Å². The Kier molecular flexibility index (Phi) is 5.18. The summed E-state index contributed by atoms with van der Waals surface area (Å²) in [5.74, 6) is -6.43. The molecule has 0 aromatic rings. The fraction of sp³-hybridized carbons (Fsp3) is 0.857. The Morgan fingerprint density at radius 3 is 2.33 bits per heavy atom. The zero-order chi connectivity index (χ0) is 16.5. The molecule has 0 aliphatic carbocycles. The lowest BCUT2D eigenvalue weighted by molar-refractivity contribution is -0.185. The molecule has 1 fully saturated rings. The number of hydrogen-bond donors (Lipinski definition) is 0. The molecule has 0 aromatic carbocycles. The summed E-state index contributed by atoms with van der Waals surface area (Å²) in [7, 11) is -9.28. The second kappa shape index (κ2) is 6.02. The predicted molar refractivity (Wildman–Crippen MR) is 55.4 cm³/mol. The van der Waals surface area contributed by atoms with Crippen molar-refractivity contribution in [2.24, 2.45) is 0 Å². The van der Waals surface area contributed by atoms with E-state index >= 15 is 0 Å². The molecule has 8 nitrogen and oxygen atoms in total. The van der Waals surface area contributed by atoms with Crippen LogP contribution < -0.4 is 0 Å². The summed E-state index contributed by atoms with van der Waals surface area (Å²) in [6, 6.07) is 0. The summed E-state index contributed by atoms with van der Waals surface area (Å²) in [5, 5.41) is -1.59. The van der Waals surface area contributed by atoms with Gasteiger partial charge in [0.1, 0.15) is 6.61 Å². The van der Waals surface area contributed by atoms with E-state index in [1.807, 2.05) is 0 Å². The van der Waals surface area contributed by atoms with Crippen LogP contribution in [0.1, 0.15) is 0 Å². The van der Waals surface area contributed by atoms with E-state index in [0.29, 0.717) is 0 Å². The molecule has 0 saturated carbocycles. The molecule has 1 aliphatic rings. The van der Waals surface area contributed by atoms with Crippen molar-refractivity contribution in [2.75, 3.05) is 18.3 Å². The highest BCUT2D eigenvalue weighted by molar-refractivity contribution is 8.03. The summed E-state index contributed by atoms with van der Waals surface area (Å²) < 4.78 is 105. The zero-order valence-corrected chi connectivity index (χ0v) is 11.5. The van der Waals surface area contributed by atoms with Crippen LogP contribution in [0.2, 0.25) is 0 Å². The van der Waals surface area contributed by atoms with Crippen LogP contribution in [0, 0.1) is 0 Å². The van der Waals surface area contributed by atoms with Crippen LogP contribution >= 0.6 is 0 Å². The van der Waals surface area contributed by atoms with Crippen LogP contribution in [-0.4, -0.2) is 59.6 Å². The Morgan fingerprint density at radius 2 is 1.81 bits per heavy atom. The normalized spacial score (nSPS) is 25.3. The van der Waals surface area contributed by atoms with Gasteiger partial charge in [-0.2, -0.15) is 25.6 Å². The predicted octanol–water partition coefficient (Wildman–Crippen LogP) is -0.537. The summed E-state index contributed by atoms with van der Waals surface area (Å²) >= 11 is 0. The van der Waals surface area contributed by atoms with Gasteiger partial charge in [-0.25, -0.2) is 13.6 Å². The first kappa shape index (κ1) is 18.1. The van der Waals surface area contributed by atoms with E-state index in [1.54, 1.807) is 0 Å². The number of rotatable bonds is 4. The lowest BCUT2D eigenvalue weighted by Crippen LogP contribution is -2.38. The molecule has 1 aliphatic heterocycles. The lowest BCUT2D eigenvalue weighted by Gasteiger charge is -2.17. The third kappa shape index (κ3) is 5.37. The van der Waals surface area contributed by atoms with Gasteiger partial charge in [-0.15, -0.1) is 0 Å². The molecule has 0 radical (unpaired) electrons. The molecule has 1 heterocycles. The van der Waals surface area contributed by atoms with Crippen molar-refractivity contribution in [3.05, 3.63) is 0 Å². The molecular formula is C7H8F4O8S2. The summed E-state index contributed by atoms with van der Waals surface area (Å²) in [6.07, 6.45) is -6.30. The molecule has 21 heavy (non-hydrogen) atoms. The number of esters is 1. The number of hydrogen-bond acceptors (Lipinski definition) is 8. The lowest BCUT2D eigenvalue weighted by atomic mass is 10.3. The first-order chi connectivity index (χ1) is 9.35. The van der Waals surface area contributed by atoms with Crippen molar-refractivity contribution in [2.45, 2.75) is 18.5 Å². The van der Waals surface area contributed by atoms with Gasteiger partial charge in [0.05, 0.1) is 0 Å². The van der Waals surface area contributed by atoms with Gasteiger partial charge in [0.15, 0.2) is 12.7 Å². The molecule has 0 aromatic heterocycles. The monoisotopic (exact) mass is 360 g/mol. The van der Waals surface area contributed by atoms with Crippen LogP contribution in [0.3, 0.4) is 0 Å². The van der Waals surface area contributed by atoms with Gasteiger partial charge >= 0.3 is 18.3 Å². The fourth-order valence-electron chi connectivity index (χ4n) is 1.04. The van der Waals surface area contributed by atoms with E-state index in [9.17, 15) is 39.2 Å². The molecule has 1 rings (SSSR count). The van der Waals surface area contributed by atoms with E-state index in [0.717, 1.165) is 0 Å². The van der Waals surface area contributed by atoms with Crippen molar-refractivity contribution in [3.8, 4) is 0 Å². The second-order valence-electron chi connectivity index (χ2n) is 3.77. The maximum atomic E-state index is 12.5. The van der Waals surface area contributed by atoms with E-state index in [4.69, 9.17) is 0 Å². The van der Waals surface area contributed by atoms with E-state index in [2.05, 4.69) is 13.1 Å². The molecule has 0 N–H and O–H groups in total. The zero-order valence-electron chi connectivity index (χ0n) is 9.87. The van der Waals surface area contributed by atoms with Crippen molar-refractivity contribution < 1.29 is 52.3 Å². The average Bonchev–Trinajstić information content (AvgIpc) is 2.40. The first-order valence-electron chi connectivity index (χ1n) is 4.95. The van der Waals surface area contributed by atoms with Crippen molar-refractivity contribution in [1.82, 2.24) is 0 Å². The number of halogens is 4. The van der Waals surface area contributed by atoms with Gasteiger partial charge in [-0.1, -0.05) is 0 Å². The molecular weight excluding hydrogens is 352 g/mol.